The standard InChI is InChI=1S/C19H25N3O3/c1-2-12-25-18(24)15-6-8-16(9-7-15)21-13-17(23)22-19(14-20)10-4-3-5-11-19/h6-9,21H,2-5,10-13H2,1H3,(H,22,23). The lowest BCUT2D eigenvalue weighted by Gasteiger charge is -2.31. The molecule has 0 saturated heterocycles. The average molecular weight is 343 g/mol. The van der Waals surface area contributed by atoms with E-state index in [9.17, 15) is 14.9 Å². The lowest BCUT2D eigenvalue weighted by atomic mass is 9.83. The number of rotatable bonds is 7. The van der Waals surface area contributed by atoms with Crippen molar-refractivity contribution >= 4 is 17.6 Å². The molecule has 2 N–H and O–H groups in total. The summed E-state index contributed by atoms with van der Waals surface area (Å²) >= 11 is 0. The van der Waals surface area contributed by atoms with Gasteiger partial charge in [0.1, 0.15) is 5.54 Å². The highest BCUT2D eigenvalue weighted by molar-refractivity contribution is 5.90. The summed E-state index contributed by atoms with van der Waals surface area (Å²) in [5, 5.41) is 15.3. The van der Waals surface area contributed by atoms with Crippen molar-refractivity contribution in [2.45, 2.75) is 51.0 Å². The summed E-state index contributed by atoms with van der Waals surface area (Å²) in [5.41, 5.74) is 0.495. The molecular weight excluding hydrogens is 318 g/mol. The second kappa shape index (κ2) is 9.07. The topological polar surface area (TPSA) is 91.2 Å². The molecule has 1 fully saturated rings. The quantitative estimate of drug-likeness (QED) is 0.743. The molecule has 134 valence electrons. The second-order valence-electron chi connectivity index (χ2n) is 6.37. The van der Waals surface area contributed by atoms with Gasteiger partial charge in [0.15, 0.2) is 0 Å². The minimum atomic E-state index is -0.718. The van der Waals surface area contributed by atoms with E-state index in [0.29, 0.717) is 25.0 Å². The van der Waals surface area contributed by atoms with E-state index in [2.05, 4.69) is 16.7 Å². The molecule has 0 heterocycles. The van der Waals surface area contributed by atoms with E-state index in [-0.39, 0.29) is 18.4 Å². The molecule has 0 aliphatic heterocycles. The summed E-state index contributed by atoms with van der Waals surface area (Å²) in [6.07, 6.45) is 5.26. The van der Waals surface area contributed by atoms with E-state index in [0.717, 1.165) is 31.4 Å². The monoisotopic (exact) mass is 343 g/mol. The second-order valence-corrected chi connectivity index (χ2v) is 6.37. The Balaban J connectivity index is 1.83. The van der Waals surface area contributed by atoms with Gasteiger partial charge in [0.2, 0.25) is 5.91 Å². The third-order valence-electron chi connectivity index (χ3n) is 4.31. The van der Waals surface area contributed by atoms with Crippen molar-refractivity contribution < 1.29 is 14.3 Å². The molecule has 1 aromatic rings. The van der Waals surface area contributed by atoms with Crippen LogP contribution in [-0.4, -0.2) is 30.6 Å². The smallest absolute Gasteiger partial charge is 0.338 e. The van der Waals surface area contributed by atoms with Gasteiger partial charge >= 0.3 is 5.97 Å². The minimum absolute atomic E-state index is 0.0864. The fraction of sp³-hybridized carbons (Fsp3) is 0.526. The summed E-state index contributed by atoms with van der Waals surface area (Å²) < 4.78 is 5.07. The summed E-state index contributed by atoms with van der Waals surface area (Å²) in [5.74, 6) is -0.547. The van der Waals surface area contributed by atoms with Crippen LogP contribution in [0.15, 0.2) is 24.3 Å². The maximum Gasteiger partial charge on any atom is 0.338 e. The predicted octanol–water partition coefficient (Wildman–Crippen LogP) is 3.01. The van der Waals surface area contributed by atoms with Crippen LogP contribution in [0, 0.1) is 11.3 Å². The molecule has 0 radical (unpaired) electrons. The fourth-order valence-corrected chi connectivity index (χ4v) is 2.92. The van der Waals surface area contributed by atoms with E-state index in [1.807, 2.05) is 6.92 Å². The normalized spacial score (nSPS) is 15.7. The number of carbonyl (C=O) groups is 2. The van der Waals surface area contributed by atoms with Crippen molar-refractivity contribution in [3.8, 4) is 6.07 Å². The summed E-state index contributed by atoms with van der Waals surface area (Å²) in [6.45, 7) is 2.43. The van der Waals surface area contributed by atoms with Crippen LogP contribution in [0.4, 0.5) is 5.69 Å². The number of anilines is 1. The Morgan fingerprint density at radius 1 is 1.20 bits per heavy atom. The van der Waals surface area contributed by atoms with Crippen LogP contribution in [-0.2, 0) is 9.53 Å². The number of nitrogens with zero attached hydrogens (tertiary/aromatic N) is 1. The number of hydrogen-bond donors (Lipinski definition) is 2. The van der Waals surface area contributed by atoms with E-state index in [1.54, 1.807) is 24.3 Å². The Morgan fingerprint density at radius 3 is 2.48 bits per heavy atom. The highest BCUT2D eigenvalue weighted by Crippen LogP contribution is 2.27. The Labute approximate surface area is 148 Å². The molecule has 1 amide bonds. The number of amides is 1. The maximum absolute atomic E-state index is 12.1. The number of hydrogen-bond acceptors (Lipinski definition) is 5. The SMILES string of the molecule is CCCOC(=O)c1ccc(NCC(=O)NC2(C#N)CCCCC2)cc1. The molecule has 1 saturated carbocycles. The van der Waals surface area contributed by atoms with Gasteiger partial charge in [-0.25, -0.2) is 4.79 Å². The Morgan fingerprint density at radius 2 is 1.88 bits per heavy atom. The third kappa shape index (κ3) is 5.49. The van der Waals surface area contributed by atoms with Gasteiger partial charge in [-0.05, 0) is 43.5 Å². The van der Waals surface area contributed by atoms with Crippen molar-refractivity contribution in [2.75, 3.05) is 18.5 Å². The van der Waals surface area contributed by atoms with Crippen LogP contribution < -0.4 is 10.6 Å². The average Bonchev–Trinajstić information content (AvgIpc) is 2.65. The first-order valence-electron chi connectivity index (χ1n) is 8.82. The van der Waals surface area contributed by atoms with E-state index in [4.69, 9.17) is 4.74 Å². The zero-order chi connectivity index (χ0) is 18.1. The van der Waals surface area contributed by atoms with Crippen LogP contribution in [0.25, 0.3) is 0 Å². The zero-order valence-corrected chi connectivity index (χ0v) is 14.6. The molecule has 1 aromatic carbocycles. The molecule has 0 bridgehead atoms. The van der Waals surface area contributed by atoms with Crippen LogP contribution in [0.3, 0.4) is 0 Å². The van der Waals surface area contributed by atoms with Gasteiger partial charge < -0.3 is 15.4 Å². The number of nitriles is 1. The molecule has 0 spiro atoms. The van der Waals surface area contributed by atoms with E-state index >= 15 is 0 Å². The number of carbonyl (C=O) groups excluding carboxylic acids is 2. The molecule has 1 aliphatic rings. The van der Waals surface area contributed by atoms with Gasteiger partial charge in [-0.1, -0.05) is 26.2 Å². The van der Waals surface area contributed by atoms with E-state index in [1.165, 1.54) is 0 Å². The number of ether oxygens (including phenoxy) is 1. The molecule has 0 atom stereocenters. The highest BCUT2D eigenvalue weighted by Gasteiger charge is 2.33. The van der Waals surface area contributed by atoms with Crippen LogP contribution in [0.1, 0.15) is 55.8 Å². The van der Waals surface area contributed by atoms with Gasteiger partial charge in [-0.2, -0.15) is 5.26 Å². The first-order valence-corrected chi connectivity index (χ1v) is 8.82. The van der Waals surface area contributed by atoms with Crippen molar-refractivity contribution in [3.05, 3.63) is 29.8 Å². The summed E-state index contributed by atoms with van der Waals surface area (Å²) in [6, 6.07) is 9.06. The Bertz CT molecular complexity index is 628. The summed E-state index contributed by atoms with van der Waals surface area (Å²) in [7, 11) is 0. The molecule has 0 unspecified atom stereocenters. The number of benzene rings is 1. The zero-order valence-electron chi connectivity index (χ0n) is 14.6. The maximum atomic E-state index is 12.1. The van der Waals surface area contributed by atoms with Crippen molar-refractivity contribution in [2.24, 2.45) is 0 Å². The molecule has 1 aliphatic carbocycles. The van der Waals surface area contributed by atoms with Gasteiger partial charge in [0.25, 0.3) is 0 Å². The predicted molar refractivity (Wildman–Crippen MR) is 95.1 cm³/mol. The lowest BCUT2D eigenvalue weighted by Crippen LogP contribution is -2.50. The first-order chi connectivity index (χ1) is 12.1. The first kappa shape index (κ1) is 18.8. The molecule has 6 nitrogen and oxygen atoms in total. The van der Waals surface area contributed by atoms with Crippen molar-refractivity contribution in [1.29, 1.82) is 5.26 Å². The number of esters is 1. The lowest BCUT2D eigenvalue weighted by molar-refractivity contribution is -0.121. The largest absolute Gasteiger partial charge is 0.462 e. The fourth-order valence-electron chi connectivity index (χ4n) is 2.92. The van der Waals surface area contributed by atoms with Crippen LogP contribution in [0.2, 0.25) is 0 Å². The molecular formula is C19H25N3O3. The summed E-state index contributed by atoms with van der Waals surface area (Å²) in [4.78, 5) is 23.9. The Kier molecular flexibility index (Phi) is 6.81. The van der Waals surface area contributed by atoms with Crippen LogP contribution in [0.5, 0.6) is 0 Å². The molecule has 0 aromatic heterocycles. The van der Waals surface area contributed by atoms with E-state index < -0.39 is 5.54 Å². The number of nitrogens with one attached hydrogen (secondary N) is 2. The van der Waals surface area contributed by atoms with Crippen LogP contribution >= 0.6 is 0 Å². The highest BCUT2D eigenvalue weighted by atomic mass is 16.5. The Hall–Kier alpha value is -2.55. The molecule has 6 heteroatoms. The molecule has 2 rings (SSSR count). The molecule has 25 heavy (non-hydrogen) atoms. The van der Waals surface area contributed by atoms with Gasteiger partial charge in [-0.3, -0.25) is 4.79 Å². The van der Waals surface area contributed by atoms with Crippen molar-refractivity contribution in [1.82, 2.24) is 5.32 Å². The van der Waals surface area contributed by atoms with Gasteiger partial charge in [0, 0.05) is 5.69 Å². The van der Waals surface area contributed by atoms with Gasteiger partial charge in [0.05, 0.1) is 24.8 Å². The third-order valence-corrected chi connectivity index (χ3v) is 4.31. The minimum Gasteiger partial charge on any atom is -0.462 e. The van der Waals surface area contributed by atoms with Gasteiger partial charge in [-0.15, -0.1) is 0 Å². The van der Waals surface area contributed by atoms with Crippen molar-refractivity contribution in [3.63, 3.8) is 0 Å².